The molecule has 1 aliphatic rings. The van der Waals surface area contributed by atoms with Crippen LogP contribution >= 0.6 is 11.3 Å². The van der Waals surface area contributed by atoms with Gasteiger partial charge in [0.2, 0.25) is 5.91 Å². The smallest absolute Gasteiger partial charge is 0.307 e. The number of amides is 1. The second-order valence-electron chi connectivity index (χ2n) is 4.67. The first-order valence-electron chi connectivity index (χ1n) is 6.35. The zero-order valence-corrected chi connectivity index (χ0v) is 11.4. The maximum atomic E-state index is 12.0. The maximum Gasteiger partial charge on any atom is 0.307 e. The van der Waals surface area contributed by atoms with Gasteiger partial charge in [0, 0.05) is 6.54 Å². The Morgan fingerprint density at radius 2 is 2.05 bits per heavy atom. The van der Waals surface area contributed by atoms with Crippen molar-refractivity contribution in [2.75, 3.05) is 6.54 Å². The average molecular weight is 279 g/mol. The van der Waals surface area contributed by atoms with Crippen molar-refractivity contribution in [1.29, 1.82) is 0 Å². The van der Waals surface area contributed by atoms with Crippen LogP contribution in [0.15, 0.2) is 29.0 Å². The number of nitrogens with one attached hydrogen (secondary N) is 1. The van der Waals surface area contributed by atoms with Gasteiger partial charge in [0.05, 0.1) is 11.8 Å². The topological polar surface area (TPSA) is 66.4 Å². The third kappa shape index (κ3) is 3.67. The molecule has 1 amide bonds. The van der Waals surface area contributed by atoms with E-state index in [0.717, 1.165) is 6.42 Å². The molecule has 2 rings (SSSR count). The van der Waals surface area contributed by atoms with E-state index in [1.54, 1.807) is 11.3 Å². The van der Waals surface area contributed by atoms with Crippen molar-refractivity contribution in [2.24, 2.45) is 11.8 Å². The molecule has 0 saturated carbocycles. The fraction of sp³-hybridized carbons (Fsp3) is 0.429. The largest absolute Gasteiger partial charge is 0.481 e. The van der Waals surface area contributed by atoms with Crippen LogP contribution in [0, 0.1) is 11.8 Å². The van der Waals surface area contributed by atoms with Gasteiger partial charge in [0.25, 0.3) is 0 Å². The highest BCUT2D eigenvalue weighted by Gasteiger charge is 2.33. The number of rotatable bonds is 5. The highest BCUT2D eigenvalue weighted by Crippen LogP contribution is 2.25. The molecule has 1 heterocycles. The summed E-state index contributed by atoms with van der Waals surface area (Å²) >= 11 is 1.63. The minimum absolute atomic E-state index is 0.146. The molecule has 2 atom stereocenters. The number of allylic oxidation sites excluding steroid dienone is 2. The molecule has 1 aromatic heterocycles. The molecule has 102 valence electrons. The molecule has 0 bridgehead atoms. The van der Waals surface area contributed by atoms with Crippen LogP contribution in [0.3, 0.4) is 0 Å². The standard InChI is InChI=1S/C14H17NO3S/c16-13(15-7-5-10-6-8-19-9-10)11-3-1-2-4-12(11)14(17)18/h1-2,6,8-9,11-12H,3-5,7H2,(H,15,16)(H,17,18). The molecule has 2 N–H and O–H groups in total. The van der Waals surface area contributed by atoms with Crippen molar-refractivity contribution in [3.05, 3.63) is 34.5 Å². The molecule has 0 radical (unpaired) electrons. The number of hydrogen-bond donors (Lipinski definition) is 2. The summed E-state index contributed by atoms with van der Waals surface area (Å²) in [5.74, 6) is -2.06. The van der Waals surface area contributed by atoms with Crippen molar-refractivity contribution in [3.63, 3.8) is 0 Å². The van der Waals surface area contributed by atoms with Crippen molar-refractivity contribution in [1.82, 2.24) is 5.32 Å². The monoisotopic (exact) mass is 279 g/mol. The van der Waals surface area contributed by atoms with Gasteiger partial charge in [0.15, 0.2) is 0 Å². The predicted molar refractivity (Wildman–Crippen MR) is 74.0 cm³/mol. The summed E-state index contributed by atoms with van der Waals surface area (Å²) in [4.78, 5) is 23.2. The molecule has 4 nitrogen and oxygen atoms in total. The van der Waals surface area contributed by atoms with E-state index in [1.165, 1.54) is 5.56 Å². The zero-order valence-electron chi connectivity index (χ0n) is 10.5. The molecule has 1 aromatic rings. The second kappa shape index (κ2) is 6.52. The lowest BCUT2D eigenvalue weighted by atomic mass is 9.82. The van der Waals surface area contributed by atoms with Gasteiger partial charge >= 0.3 is 5.97 Å². The third-order valence-corrected chi connectivity index (χ3v) is 4.11. The van der Waals surface area contributed by atoms with Gasteiger partial charge in [-0.1, -0.05) is 12.2 Å². The summed E-state index contributed by atoms with van der Waals surface area (Å²) in [6, 6.07) is 2.03. The highest BCUT2D eigenvalue weighted by molar-refractivity contribution is 7.07. The molecular formula is C14H17NO3S. The summed E-state index contributed by atoms with van der Waals surface area (Å²) in [7, 11) is 0. The Morgan fingerprint density at radius 1 is 1.32 bits per heavy atom. The van der Waals surface area contributed by atoms with E-state index < -0.39 is 17.8 Å². The quantitative estimate of drug-likeness (QED) is 0.811. The van der Waals surface area contributed by atoms with Crippen LogP contribution in [0.25, 0.3) is 0 Å². The number of carbonyl (C=O) groups is 2. The van der Waals surface area contributed by atoms with Crippen LogP contribution < -0.4 is 5.32 Å². The van der Waals surface area contributed by atoms with E-state index in [2.05, 4.69) is 10.7 Å². The lowest BCUT2D eigenvalue weighted by molar-refractivity contribution is -0.147. The summed E-state index contributed by atoms with van der Waals surface area (Å²) in [6.45, 7) is 0.558. The van der Waals surface area contributed by atoms with E-state index in [0.29, 0.717) is 19.4 Å². The number of thiophene rings is 1. The van der Waals surface area contributed by atoms with Crippen LogP contribution in [0.2, 0.25) is 0 Å². The lowest BCUT2D eigenvalue weighted by Crippen LogP contribution is -2.39. The van der Waals surface area contributed by atoms with E-state index in [-0.39, 0.29) is 5.91 Å². The molecular weight excluding hydrogens is 262 g/mol. The van der Waals surface area contributed by atoms with Gasteiger partial charge in [0.1, 0.15) is 0 Å². The maximum absolute atomic E-state index is 12.0. The van der Waals surface area contributed by atoms with Crippen molar-refractivity contribution in [2.45, 2.75) is 19.3 Å². The van der Waals surface area contributed by atoms with Crippen LogP contribution in [0.4, 0.5) is 0 Å². The molecule has 0 aliphatic heterocycles. The number of carbonyl (C=O) groups excluding carboxylic acids is 1. The van der Waals surface area contributed by atoms with E-state index in [9.17, 15) is 9.59 Å². The van der Waals surface area contributed by atoms with Crippen LogP contribution in [-0.4, -0.2) is 23.5 Å². The third-order valence-electron chi connectivity index (χ3n) is 3.38. The number of hydrogen-bond acceptors (Lipinski definition) is 3. The van der Waals surface area contributed by atoms with Gasteiger partial charge in [-0.3, -0.25) is 9.59 Å². The SMILES string of the molecule is O=C(O)C1CC=CCC1C(=O)NCCc1ccsc1. The predicted octanol–water partition coefficient (Wildman–Crippen LogP) is 2.07. The van der Waals surface area contributed by atoms with Gasteiger partial charge < -0.3 is 10.4 Å². The average Bonchev–Trinajstić information content (AvgIpc) is 2.91. The fourth-order valence-electron chi connectivity index (χ4n) is 2.27. The first-order chi connectivity index (χ1) is 9.18. The van der Waals surface area contributed by atoms with E-state index in [4.69, 9.17) is 5.11 Å². The molecule has 0 aromatic carbocycles. The minimum atomic E-state index is -0.887. The van der Waals surface area contributed by atoms with E-state index in [1.807, 2.05) is 23.6 Å². The Kier molecular flexibility index (Phi) is 4.74. The molecule has 0 spiro atoms. The van der Waals surface area contributed by atoms with Crippen molar-refractivity contribution >= 4 is 23.2 Å². The van der Waals surface area contributed by atoms with Gasteiger partial charge in [-0.15, -0.1) is 0 Å². The second-order valence-corrected chi connectivity index (χ2v) is 5.45. The van der Waals surface area contributed by atoms with Crippen LogP contribution in [0.5, 0.6) is 0 Å². The Labute approximate surface area is 116 Å². The molecule has 0 fully saturated rings. The molecule has 5 heteroatoms. The molecule has 19 heavy (non-hydrogen) atoms. The summed E-state index contributed by atoms with van der Waals surface area (Å²) in [5.41, 5.74) is 1.20. The zero-order chi connectivity index (χ0) is 13.7. The summed E-state index contributed by atoms with van der Waals surface area (Å²) < 4.78 is 0. The van der Waals surface area contributed by atoms with Crippen molar-refractivity contribution in [3.8, 4) is 0 Å². The normalized spacial score (nSPS) is 22.1. The Morgan fingerprint density at radius 3 is 2.68 bits per heavy atom. The Balaban J connectivity index is 1.84. The first-order valence-corrected chi connectivity index (χ1v) is 7.29. The Hall–Kier alpha value is -1.62. The van der Waals surface area contributed by atoms with Crippen LogP contribution in [-0.2, 0) is 16.0 Å². The molecule has 1 aliphatic carbocycles. The number of carboxylic acids is 1. The van der Waals surface area contributed by atoms with Gasteiger partial charge in [-0.05, 0) is 41.7 Å². The highest BCUT2D eigenvalue weighted by atomic mass is 32.1. The molecule has 0 saturated heterocycles. The minimum Gasteiger partial charge on any atom is -0.481 e. The van der Waals surface area contributed by atoms with Crippen LogP contribution in [0.1, 0.15) is 18.4 Å². The molecule has 2 unspecified atom stereocenters. The van der Waals surface area contributed by atoms with Gasteiger partial charge in [-0.2, -0.15) is 11.3 Å². The first kappa shape index (κ1) is 13.8. The van der Waals surface area contributed by atoms with E-state index >= 15 is 0 Å². The fourth-order valence-corrected chi connectivity index (χ4v) is 2.98. The van der Waals surface area contributed by atoms with Gasteiger partial charge in [-0.25, -0.2) is 0 Å². The lowest BCUT2D eigenvalue weighted by Gasteiger charge is -2.24. The summed E-state index contributed by atoms with van der Waals surface area (Å²) in [6.07, 6.45) is 5.48. The summed E-state index contributed by atoms with van der Waals surface area (Å²) in [5, 5.41) is 16.0. The number of carboxylic acid groups (broad SMARTS) is 1. The Bertz CT molecular complexity index is 467. The van der Waals surface area contributed by atoms with Crippen molar-refractivity contribution < 1.29 is 14.7 Å². The number of aliphatic carboxylic acids is 1.